The number of hydrogen-bond acceptors (Lipinski definition) is 5. The first kappa shape index (κ1) is 23.8. The van der Waals surface area contributed by atoms with Gasteiger partial charge in [-0.1, -0.05) is 48.5 Å². The fraction of sp³-hybridized carbons (Fsp3) is 0.357. The number of carbonyl (C=O) groups is 1. The van der Waals surface area contributed by atoms with E-state index < -0.39 is 0 Å². The summed E-state index contributed by atoms with van der Waals surface area (Å²) in [5, 5.41) is 3.13. The Balaban J connectivity index is 1.41. The summed E-state index contributed by atoms with van der Waals surface area (Å²) in [4.78, 5) is 19.9. The summed E-state index contributed by atoms with van der Waals surface area (Å²) in [6.45, 7) is 5.42. The Morgan fingerprint density at radius 1 is 1.06 bits per heavy atom. The summed E-state index contributed by atoms with van der Waals surface area (Å²) in [6, 6.07) is 22.1. The van der Waals surface area contributed by atoms with Crippen molar-refractivity contribution in [3.05, 3.63) is 89.7 Å². The predicted octanol–water partition coefficient (Wildman–Crippen LogP) is 4.23. The molecular formula is C28H33N3O3. The Bertz CT molecular complexity index is 1060. The van der Waals surface area contributed by atoms with Crippen LogP contribution in [0.3, 0.4) is 0 Å². The Kier molecular flexibility index (Phi) is 8.15. The minimum atomic E-state index is -0.100. The number of ether oxygens (including phenoxy) is 2. The van der Waals surface area contributed by atoms with E-state index in [1.165, 1.54) is 5.56 Å². The number of benzene rings is 2. The third-order valence-electron chi connectivity index (χ3n) is 6.25. The molecule has 6 heteroatoms. The lowest BCUT2D eigenvalue weighted by Gasteiger charge is -2.37. The van der Waals surface area contributed by atoms with Gasteiger partial charge in [-0.25, -0.2) is 0 Å². The van der Waals surface area contributed by atoms with Gasteiger partial charge in [0.2, 0.25) is 5.91 Å². The number of methoxy groups -OCH3 is 1. The monoisotopic (exact) mass is 459 g/mol. The van der Waals surface area contributed by atoms with E-state index in [1.807, 2.05) is 49.4 Å². The van der Waals surface area contributed by atoms with Crippen molar-refractivity contribution in [2.75, 3.05) is 26.8 Å². The average molecular weight is 460 g/mol. The third kappa shape index (κ3) is 6.58. The highest BCUT2D eigenvalue weighted by Crippen LogP contribution is 2.25. The van der Waals surface area contributed by atoms with E-state index in [-0.39, 0.29) is 17.7 Å². The van der Waals surface area contributed by atoms with Crippen LogP contribution in [0.4, 0.5) is 0 Å². The summed E-state index contributed by atoms with van der Waals surface area (Å²) in [7, 11) is 1.65. The maximum atomic E-state index is 13.2. The molecule has 4 rings (SSSR count). The van der Waals surface area contributed by atoms with Crippen LogP contribution in [0.2, 0.25) is 0 Å². The summed E-state index contributed by atoms with van der Waals surface area (Å²) < 4.78 is 11.5. The number of amides is 1. The molecule has 2 heterocycles. The number of nitrogens with one attached hydrogen (secondary N) is 1. The molecule has 0 radical (unpaired) electrons. The van der Waals surface area contributed by atoms with Gasteiger partial charge in [0.05, 0.1) is 25.8 Å². The number of pyridine rings is 1. The minimum Gasteiger partial charge on any atom is -0.496 e. The number of likely N-dealkylation sites (tertiary alicyclic amines) is 1. The molecule has 178 valence electrons. The van der Waals surface area contributed by atoms with Crippen molar-refractivity contribution in [1.29, 1.82) is 0 Å². The van der Waals surface area contributed by atoms with E-state index >= 15 is 0 Å². The SMILES string of the molecule is COc1ccccc1CNC(=O)[C@@H]1C[C@H](COc2ccc(C)nc2)CN(Cc2ccccc2)C1. The lowest BCUT2D eigenvalue weighted by atomic mass is 9.88. The average Bonchev–Trinajstić information content (AvgIpc) is 2.87. The molecule has 1 aliphatic rings. The van der Waals surface area contributed by atoms with Gasteiger partial charge in [-0.2, -0.15) is 0 Å². The second kappa shape index (κ2) is 11.7. The van der Waals surface area contributed by atoms with E-state index in [4.69, 9.17) is 9.47 Å². The smallest absolute Gasteiger partial charge is 0.224 e. The Hall–Kier alpha value is -3.38. The van der Waals surface area contributed by atoms with Gasteiger partial charge >= 0.3 is 0 Å². The van der Waals surface area contributed by atoms with Crippen molar-refractivity contribution in [2.45, 2.75) is 26.4 Å². The number of aryl methyl sites for hydroxylation is 1. The summed E-state index contributed by atoms with van der Waals surface area (Å²) >= 11 is 0. The van der Waals surface area contributed by atoms with E-state index in [2.05, 4.69) is 39.5 Å². The standard InChI is InChI=1S/C28H33N3O3/c1-21-12-13-26(16-29-21)34-20-23-14-25(19-31(18-23)17-22-8-4-3-5-9-22)28(32)30-15-24-10-6-7-11-27(24)33-2/h3-13,16,23,25H,14-15,17-20H2,1-2H3,(H,30,32)/t23-,25+/m0/s1. The Morgan fingerprint density at radius 2 is 1.85 bits per heavy atom. The normalized spacial score (nSPS) is 18.3. The summed E-state index contributed by atoms with van der Waals surface area (Å²) in [5.74, 6) is 1.78. The van der Waals surface area contributed by atoms with Gasteiger partial charge in [-0.3, -0.25) is 14.7 Å². The van der Waals surface area contributed by atoms with Gasteiger partial charge in [0.15, 0.2) is 0 Å². The fourth-order valence-electron chi connectivity index (χ4n) is 4.51. The molecule has 0 saturated carbocycles. The van der Waals surface area contributed by atoms with Crippen LogP contribution in [-0.2, 0) is 17.9 Å². The topological polar surface area (TPSA) is 63.7 Å². The van der Waals surface area contributed by atoms with E-state index in [1.54, 1.807) is 13.3 Å². The molecule has 1 aromatic heterocycles. The minimum absolute atomic E-state index is 0.0747. The van der Waals surface area contributed by atoms with Crippen LogP contribution < -0.4 is 14.8 Å². The van der Waals surface area contributed by atoms with Gasteiger partial charge in [0.1, 0.15) is 11.5 Å². The van der Waals surface area contributed by atoms with Gasteiger partial charge < -0.3 is 14.8 Å². The highest BCUT2D eigenvalue weighted by Gasteiger charge is 2.32. The highest BCUT2D eigenvalue weighted by molar-refractivity contribution is 5.79. The number of piperidine rings is 1. The summed E-state index contributed by atoms with van der Waals surface area (Å²) in [5.41, 5.74) is 3.19. The largest absolute Gasteiger partial charge is 0.496 e. The van der Waals surface area contributed by atoms with E-state index in [0.717, 1.165) is 48.8 Å². The van der Waals surface area contributed by atoms with Crippen molar-refractivity contribution >= 4 is 5.91 Å². The van der Waals surface area contributed by atoms with Crippen molar-refractivity contribution in [3.8, 4) is 11.5 Å². The first-order valence-corrected chi connectivity index (χ1v) is 11.8. The lowest BCUT2D eigenvalue weighted by molar-refractivity contribution is -0.128. The first-order valence-electron chi connectivity index (χ1n) is 11.8. The predicted molar refractivity (Wildman–Crippen MR) is 133 cm³/mol. The summed E-state index contributed by atoms with van der Waals surface area (Å²) in [6.07, 6.45) is 2.56. The second-order valence-electron chi connectivity index (χ2n) is 8.95. The fourth-order valence-corrected chi connectivity index (χ4v) is 4.51. The molecule has 1 aliphatic heterocycles. The molecule has 0 bridgehead atoms. The molecule has 0 unspecified atom stereocenters. The van der Waals surface area contributed by atoms with Crippen LogP contribution in [0.5, 0.6) is 11.5 Å². The van der Waals surface area contributed by atoms with Crippen LogP contribution in [0.25, 0.3) is 0 Å². The molecular weight excluding hydrogens is 426 g/mol. The van der Waals surface area contributed by atoms with Crippen LogP contribution in [0.1, 0.15) is 23.2 Å². The van der Waals surface area contributed by atoms with Crippen LogP contribution >= 0.6 is 0 Å². The maximum absolute atomic E-state index is 13.2. The van der Waals surface area contributed by atoms with Crippen molar-refractivity contribution in [2.24, 2.45) is 11.8 Å². The van der Waals surface area contributed by atoms with E-state index in [0.29, 0.717) is 13.2 Å². The molecule has 2 aromatic carbocycles. The molecule has 3 aromatic rings. The quantitative estimate of drug-likeness (QED) is 0.519. The van der Waals surface area contributed by atoms with Gasteiger partial charge in [-0.15, -0.1) is 0 Å². The zero-order chi connectivity index (χ0) is 23.8. The van der Waals surface area contributed by atoms with Gasteiger partial charge in [0, 0.05) is 43.4 Å². The van der Waals surface area contributed by atoms with Crippen molar-refractivity contribution < 1.29 is 14.3 Å². The molecule has 1 N–H and O–H groups in total. The molecule has 0 aliphatic carbocycles. The number of carbonyl (C=O) groups excluding carboxylic acids is 1. The van der Waals surface area contributed by atoms with Crippen LogP contribution in [0, 0.1) is 18.8 Å². The highest BCUT2D eigenvalue weighted by atomic mass is 16.5. The first-order chi connectivity index (χ1) is 16.6. The van der Waals surface area contributed by atoms with Crippen LogP contribution in [-0.4, -0.2) is 42.6 Å². The maximum Gasteiger partial charge on any atom is 0.224 e. The lowest BCUT2D eigenvalue weighted by Crippen LogP contribution is -2.47. The van der Waals surface area contributed by atoms with Crippen LogP contribution in [0.15, 0.2) is 72.9 Å². The van der Waals surface area contributed by atoms with Crippen molar-refractivity contribution in [1.82, 2.24) is 15.2 Å². The van der Waals surface area contributed by atoms with Gasteiger partial charge in [0.25, 0.3) is 0 Å². The molecule has 1 fully saturated rings. The molecule has 1 saturated heterocycles. The third-order valence-corrected chi connectivity index (χ3v) is 6.25. The number of hydrogen-bond donors (Lipinski definition) is 1. The molecule has 2 atom stereocenters. The number of rotatable bonds is 9. The Morgan fingerprint density at radius 3 is 2.62 bits per heavy atom. The molecule has 34 heavy (non-hydrogen) atoms. The second-order valence-corrected chi connectivity index (χ2v) is 8.95. The number of para-hydroxylation sites is 1. The Labute approximate surface area is 201 Å². The van der Waals surface area contributed by atoms with E-state index in [9.17, 15) is 4.79 Å². The van der Waals surface area contributed by atoms with Gasteiger partial charge in [-0.05, 0) is 37.1 Å². The number of aromatic nitrogens is 1. The molecule has 6 nitrogen and oxygen atoms in total. The zero-order valence-corrected chi connectivity index (χ0v) is 19.9. The molecule has 1 amide bonds. The number of nitrogens with zero attached hydrogens (tertiary/aromatic N) is 2. The zero-order valence-electron chi connectivity index (χ0n) is 19.9. The molecule has 0 spiro atoms. The van der Waals surface area contributed by atoms with Crippen molar-refractivity contribution in [3.63, 3.8) is 0 Å².